The fraction of sp³-hybridized carbons (Fsp3) is 0.538. The predicted molar refractivity (Wildman–Crippen MR) is 66.6 cm³/mol. The molecule has 0 saturated heterocycles. The molecule has 2 radical (unpaired) electrons. The molecule has 2 heteroatoms. The van der Waals surface area contributed by atoms with Gasteiger partial charge in [-0.05, 0) is 42.1 Å². The molecular formula is C13H20OSi. The van der Waals surface area contributed by atoms with Crippen LogP contribution in [0.4, 0.5) is 0 Å². The molecule has 0 saturated carbocycles. The predicted octanol–water partition coefficient (Wildman–Crippen LogP) is 3.91. The summed E-state index contributed by atoms with van der Waals surface area (Å²) in [6, 6.07) is 6.37. The minimum absolute atomic E-state index is 0.289. The molecule has 1 aromatic rings. The van der Waals surface area contributed by atoms with Crippen molar-refractivity contribution in [2.75, 3.05) is 0 Å². The Morgan fingerprint density at radius 3 is 2.13 bits per heavy atom. The first-order valence-electron chi connectivity index (χ1n) is 5.45. The zero-order valence-electron chi connectivity index (χ0n) is 10.3. The molecule has 1 aromatic carbocycles. The Kier molecular flexibility index (Phi) is 3.97. The van der Waals surface area contributed by atoms with Gasteiger partial charge >= 0.3 is 9.76 Å². The summed E-state index contributed by atoms with van der Waals surface area (Å²) in [5, 5.41) is 0.289. The highest BCUT2D eigenvalue weighted by Gasteiger charge is 2.19. The van der Waals surface area contributed by atoms with Crippen LogP contribution in [0, 0.1) is 13.8 Å². The van der Waals surface area contributed by atoms with Crippen LogP contribution in [0.3, 0.4) is 0 Å². The second-order valence-corrected chi connectivity index (χ2v) is 6.53. The summed E-state index contributed by atoms with van der Waals surface area (Å²) >= 11 is 0. The molecule has 0 spiro atoms. The van der Waals surface area contributed by atoms with E-state index in [1.165, 1.54) is 11.1 Å². The monoisotopic (exact) mass is 220 g/mol. The molecule has 0 aliphatic heterocycles. The highest BCUT2D eigenvalue weighted by Crippen LogP contribution is 2.28. The second kappa shape index (κ2) is 4.84. The third kappa shape index (κ3) is 4.08. The van der Waals surface area contributed by atoms with Crippen LogP contribution in [0.1, 0.15) is 38.3 Å². The summed E-state index contributed by atoms with van der Waals surface area (Å²) in [5.74, 6) is 1.01. The third-order valence-corrected chi connectivity index (χ3v) is 3.77. The molecule has 0 atom stereocenters. The largest absolute Gasteiger partial charge is 0.540 e. The van der Waals surface area contributed by atoms with Crippen LogP contribution in [0.25, 0.3) is 0 Å². The van der Waals surface area contributed by atoms with Gasteiger partial charge in [-0.15, -0.1) is 0 Å². The molecule has 0 aliphatic rings. The van der Waals surface area contributed by atoms with Crippen molar-refractivity contribution < 1.29 is 4.43 Å². The Bertz CT molecular complexity index is 311. The Labute approximate surface area is 95.8 Å². The van der Waals surface area contributed by atoms with Gasteiger partial charge in [0.25, 0.3) is 0 Å². The van der Waals surface area contributed by atoms with Gasteiger partial charge in [0, 0.05) is 0 Å². The van der Waals surface area contributed by atoms with Gasteiger partial charge in [-0.2, -0.15) is 0 Å². The number of aryl methyl sites for hydroxylation is 2. The molecule has 1 rings (SSSR count). The summed E-state index contributed by atoms with van der Waals surface area (Å²) in [6.07, 6.45) is 1.15. The lowest BCUT2D eigenvalue weighted by Crippen LogP contribution is -2.18. The van der Waals surface area contributed by atoms with Crippen LogP contribution in [0.15, 0.2) is 18.2 Å². The van der Waals surface area contributed by atoms with E-state index in [2.05, 4.69) is 52.8 Å². The molecule has 82 valence electrons. The topological polar surface area (TPSA) is 9.23 Å². The van der Waals surface area contributed by atoms with E-state index in [0.29, 0.717) is 9.76 Å². The maximum Gasteiger partial charge on any atom is 0.317 e. The van der Waals surface area contributed by atoms with Crippen molar-refractivity contribution in [2.24, 2.45) is 0 Å². The Hall–Kier alpha value is -0.763. The first-order chi connectivity index (χ1) is 6.93. The number of rotatable bonds is 4. The van der Waals surface area contributed by atoms with Crippen molar-refractivity contribution in [1.29, 1.82) is 0 Å². The molecule has 0 aliphatic carbocycles. The number of benzene rings is 1. The Morgan fingerprint density at radius 2 is 1.67 bits per heavy atom. The molecule has 0 unspecified atom stereocenters. The molecule has 0 fully saturated rings. The van der Waals surface area contributed by atoms with Crippen LogP contribution < -0.4 is 4.43 Å². The van der Waals surface area contributed by atoms with Crippen LogP contribution in [-0.2, 0) is 0 Å². The standard InChI is InChI=1S/C13H20OSi/c1-6-13(4,5)15-14-12-8-10(2)7-11(3)9-12/h7-9H,6H2,1-5H3. The molecule has 15 heavy (non-hydrogen) atoms. The van der Waals surface area contributed by atoms with E-state index in [4.69, 9.17) is 4.43 Å². The van der Waals surface area contributed by atoms with E-state index in [0.717, 1.165) is 12.2 Å². The summed E-state index contributed by atoms with van der Waals surface area (Å²) in [7, 11) is 0.529. The lowest BCUT2D eigenvalue weighted by atomic mass is 10.1. The van der Waals surface area contributed by atoms with Gasteiger partial charge in [-0.25, -0.2) is 0 Å². The molecule has 0 amide bonds. The molecule has 0 N–H and O–H groups in total. The minimum atomic E-state index is 0.289. The molecule has 0 bridgehead atoms. The number of hydrogen-bond acceptors (Lipinski definition) is 1. The van der Waals surface area contributed by atoms with Gasteiger partial charge in [0.1, 0.15) is 5.75 Å². The van der Waals surface area contributed by atoms with Crippen LogP contribution in [0.5, 0.6) is 5.75 Å². The number of hydrogen-bond donors (Lipinski definition) is 0. The van der Waals surface area contributed by atoms with Gasteiger partial charge in [0.15, 0.2) is 0 Å². The van der Waals surface area contributed by atoms with E-state index in [-0.39, 0.29) is 5.04 Å². The minimum Gasteiger partial charge on any atom is -0.540 e. The molecule has 1 nitrogen and oxygen atoms in total. The fourth-order valence-electron chi connectivity index (χ4n) is 1.26. The van der Waals surface area contributed by atoms with Gasteiger partial charge in [0.05, 0.1) is 0 Å². The van der Waals surface area contributed by atoms with Gasteiger partial charge in [-0.1, -0.05) is 33.3 Å². The van der Waals surface area contributed by atoms with E-state index < -0.39 is 0 Å². The van der Waals surface area contributed by atoms with E-state index in [1.807, 2.05) is 0 Å². The van der Waals surface area contributed by atoms with Crippen molar-refractivity contribution in [3.05, 3.63) is 29.3 Å². The molecular weight excluding hydrogens is 200 g/mol. The lowest BCUT2D eigenvalue weighted by Gasteiger charge is -2.20. The van der Waals surface area contributed by atoms with Crippen molar-refractivity contribution >= 4 is 9.76 Å². The summed E-state index contributed by atoms with van der Waals surface area (Å²) in [6.45, 7) is 10.9. The zero-order chi connectivity index (χ0) is 11.5. The van der Waals surface area contributed by atoms with Crippen molar-refractivity contribution in [1.82, 2.24) is 0 Å². The zero-order valence-corrected chi connectivity index (χ0v) is 11.3. The quantitative estimate of drug-likeness (QED) is 0.699. The van der Waals surface area contributed by atoms with Gasteiger partial charge in [0.2, 0.25) is 0 Å². The maximum atomic E-state index is 5.85. The summed E-state index contributed by atoms with van der Waals surface area (Å²) in [5.41, 5.74) is 2.54. The Morgan fingerprint density at radius 1 is 1.13 bits per heavy atom. The van der Waals surface area contributed by atoms with Crippen molar-refractivity contribution in [2.45, 2.75) is 46.1 Å². The maximum absolute atomic E-state index is 5.85. The van der Waals surface area contributed by atoms with Crippen LogP contribution in [-0.4, -0.2) is 9.76 Å². The van der Waals surface area contributed by atoms with Crippen LogP contribution >= 0.6 is 0 Å². The molecule has 0 aromatic heterocycles. The summed E-state index contributed by atoms with van der Waals surface area (Å²) in [4.78, 5) is 0. The van der Waals surface area contributed by atoms with Crippen LogP contribution in [0.2, 0.25) is 5.04 Å². The normalized spacial score (nSPS) is 11.5. The van der Waals surface area contributed by atoms with Crippen molar-refractivity contribution in [3.8, 4) is 5.75 Å². The smallest absolute Gasteiger partial charge is 0.317 e. The average molecular weight is 220 g/mol. The average Bonchev–Trinajstić information content (AvgIpc) is 2.14. The van der Waals surface area contributed by atoms with Gasteiger partial charge < -0.3 is 4.43 Å². The highest BCUT2D eigenvalue weighted by molar-refractivity contribution is 6.33. The molecule has 0 heterocycles. The Balaban J connectivity index is 2.65. The fourth-order valence-corrected chi connectivity index (χ4v) is 1.92. The first kappa shape index (κ1) is 12.3. The third-order valence-electron chi connectivity index (χ3n) is 2.52. The van der Waals surface area contributed by atoms with E-state index >= 15 is 0 Å². The van der Waals surface area contributed by atoms with Gasteiger partial charge in [-0.3, -0.25) is 0 Å². The first-order valence-corrected chi connectivity index (χ1v) is 6.36. The second-order valence-electron chi connectivity index (χ2n) is 4.76. The highest BCUT2D eigenvalue weighted by atomic mass is 28.2. The SMILES string of the molecule is CCC(C)(C)[Si]Oc1cc(C)cc(C)c1. The lowest BCUT2D eigenvalue weighted by molar-refractivity contribution is 0.516. The van der Waals surface area contributed by atoms with E-state index in [1.54, 1.807) is 0 Å². The van der Waals surface area contributed by atoms with E-state index in [9.17, 15) is 0 Å². The van der Waals surface area contributed by atoms with Crippen molar-refractivity contribution in [3.63, 3.8) is 0 Å². The summed E-state index contributed by atoms with van der Waals surface area (Å²) < 4.78 is 5.85.